The zero-order valence-corrected chi connectivity index (χ0v) is 16.0. The maximum atomic E-state index is 12.0. The second-order valence-electron chi connectivity index (χ2n) is 7.35. The van der Waals surface area contributed by atoms with Crippen molar-refractivity contribution in [3.05, 3.63) is 28.0 Å². The summed E-state index contributed by atoms with van der Waals surface area (Å²) >= 11 is 1.10. The lowest BCUT2D eigenvalue weighted by Gasteiger charge is -2.25. The van der Waals surface area contributed by atoms with Crippen LogP contribution in [0.2, 0.25) is 0 Å². The van der Waals surface area contributed by atoms with E-state index in [1.54, 1.807) is 11.6 Å². The number of rotatable bonds is 3. The standard InChI is InChI=1S/C17H22N4O4S/c1-9-13(14(22)23)26-15(18-9)21-8-10-7-11(5-6-12(10)20-21)19-16(24)25-17(2,3)4/h8,11H,5-7H2,1-4H3,(H,19,24)(H,22,23). The van der Waals surface area contributed by atoms with E-state index in [1.807, 2.05) is 27.0 Å². The number of thiazole rings is 1. The molecule has 0 saturated heterocycles. The van der Waals surface area contributed by atoms with Crippen LogP contribution in [0.15, 0.2) is 6.20 Å². The lowest BCUT2D eigenvalue weighted by atomic mass is 9.94. The molecule has 140 valence electrons. The highest BCUT2D eigenvalue weighted by atomic mass is 32.1. The number of carboxylic acids is 1. The van der Waals surface area contributed by atoms with E-state index in [1.165, 1.54) is 0 Å². The number of ether oxygens (including phenoxy) is 1. The molecule has 1 atom stereocenters. The molecule has 0 radical (unpaired) electrons. The van der Waals surface area contributed by atoms with Gasteiger partial charge in [0.2, 0.25) is 5.13 Å². The van der Waals surface area contributed by atoms with Crippen LogP contribution in [0.3, 0.4) is 0 Å². The van der Waals surface area contributed by atoms with E-state index in [2.05, 4.69) is 15.4 Å². The third-order valence-electron chi connectivity index (χ3n) is 3.97. The minimum Gasteiger partial charge on any atom is -0.477 e. The lowest BCUT2D eigenvalue weighted by molar-refractivity contribution is 0.0499. The fourth-order valence-electron chi connectivity index (χ4n) is 2.88. The molecule has 9 heteroatoms. The predicted molar refractivity (Wildman–Crippen MR) is 96.1 cm³/mol. The molecule has 0 bridgehead atoms. The number of aryl methyl sites for hydroxylation is 2. The molecule has 2 aromatic heterocycles. The number of carbonyl (C=O) groups is 2. The van der Waals surface area contributed by atoms with Crippen LogP contribution in [0.25, 0.3) is 5.13 Å². The van der Waals surface area contributed by atoms with Crippen LogP contribution >= 0.6 is 11.3 Å². The lowest BCUT2D eigenvalue weighted by Crippen LogP contribution is -2.41. The molecule has 8 nitrogen and oxygen atoms in total. The highest BCUT2D eigenvalue weighted by molar-refractivity contribution is 7.16. The minimum absolute atomic E-state index is 0.0115. The summed E-state index contributed by atoms with van der Waals surface area (Å²) in [6.07, 6.45) is 3.62. The second-order valence-corrected chi connectivity index (χ2v) is 8.33. The third kappa shape index (κ3) is 4.04. The maximum Gasteiger partial charge on any atom is 0.407 e. The van der Waals surface area contributed by atoms with Gasteiger partial charge in [0.15, 0.2) is 0 Å². The van der Waals surface area contributed by atoms with Crippen LogP contribution in [0.1, 0.15) is 53.8 Å². The molecule has 0 spiro atoms. The number of amides is 1. The van der Waals surface area contributed by atoms with E-state index in [0.717, 1.165) is 35.4 Å². The number of nitrogens with one attached hydrogen (secondary N) is 1. The molecule has 0 fully saturated rings. The first-order valence-electron chi connectivity index (χ1n) is 8.40. The highest BCUT2D eigenvalue weighted by Gasteiger charge is 2.26. The maximum absolute atomic E-state index is 12.0. The van der Waals surface area contributed by atoms with Crippen molar-refractivity contribution in [1.82, 2.24) is 20.1 Å². The van der Waals surface area contributed by atoms with Crippen molar-refractivity contribution in [2.24, 2.45) is 0 Å². The molecule has 1 unspecified atom stereocenters. The molecular formula is C17H22N4O4S. The van der Waals surface area contributed by atoms with Gasteiger partial charge < -0.3 is 15.2 Å². The van der Waals surface area contributed by atoms with Crippen molar-refractivity contribution in [1.29, 1.82) is 0 Å². The minimum atomic E-state index is -0.982. The summed E-state index contributed by atoms with van der Waals surface area (Å²) in [5.41, 5.74) is 1.94. The summed E-state index contributed by atoms with van der Waals surface area (Å²) in [5, 5.41) is 17.1. The van der Waals surface area contributed by atoms with Crippen molar-refractivity contribution in [3.8, 4) is 5.13 Å². The molecule has 2 heterocycles. The van der Waals surface area contributed by atoms with Crippen molar-refractivity contribution in [3.63, 3.8) is 0 Å². The average molecular weight is 378 g/mol. The molecule has 2 aromatic rings. The van der Waals surface area contributed by atoms with Gasteiger partial charge in [0.25, 0.3) is 0 Å². The average Bonchev–Trinajstić information content (AvgIpc) is 3.07. The monoisotopic (exact) mass is 378 g/mol. The Morgan fingerprint density at radius 1 is 1.42 bits per heavy atom. The van der Waals surface area contributed by atoms with Gasteiger partial charge in [-0.25, -0.2) is 19.3 Å². The zero-order valence-electron chi connectivity index (χ0n) is 15.2. The Morgan fingerprint density at radius 3 is 2.77 bits per heavy atom. The summed E-state index contributed by atoms with van der Waals surface area (Å²) in [4.78, 5) is 27.7. The normalized spacial score (nSPS) is 16.8. The Labute approximate surface area is 155 Å². The number of fused-ring (bicyclic) bond motifs is 1. The third-order valence-corrected chi connectivity index (χ3v) is 5.10. The molecule has 26 heavy (non-hydrogen) atoms. The van der Waals surface area contributed by atoms with E-state index in [4.69, 9.17) is 4.74 Å². The molecule has 3 rings (SSSR count). The zero-order chi connectivity index (χ0) is 19.1. The van der Waals surface area contributed by atoms with E-state index in [0.29, 0.717) is 17.2 Å². The van der Waals surface area contributed by atoms with Gasteiger partial charge in [0, 0.05) is 12.2 Å². The molecule has 1 amide bonds. The summed E-state index contributed by atoms with van der Waals surface area (Å²) in [7, 11) is 0. The number of carbonyl (C=O) groups excluding carboxylic acids is 1. The van der Waals surface area contributed by atoms with Gasteiger partial charge in [-0.1, -0.05) is 11.3 Å². The summed E-state index contributed by atoms with van der Waals surface area (Å²) in [5.74, 6) is -0.982. The van der Waals surface area contributed by atoms with Gasteiger partial charge in [0.05, 0.1) is 11.4 Å². The summed E-state index contributed by atoms with van der Waals surface area (Å²) < 4.78 is 6.94. The Hall–Kier alpha value is -2.42. The topological polar surface area (TPSA) is 106 Å². The number of nitrogens with zero attached hydrogens (tertiary/aromatic N) is 3. The van der Waals surface area contributed by atoms with Crippen molar-refractivity contribution in [2.45, 2.75) is 58.6 Å². The SMILES string of the molecule is Cc1nc(-n2cc3c(n2)CCC(NC(=O)OC(C)(C)C)C3)sc1C(=O)O. The molecule has 2 N–H and O–H groups in total. The molecule has 0 saturated carbocycles. The number of aromatic carboxylic acids is 1. The Kier molecular flexibility index (Phi) is 4.74. The number of carboxylic acid groups (broad SMARTS) is 1. The smallest absolute Gasteiger partial charge is 0.407 e. The molecule has 1 aliphatic carbocycles. The van der Waals surface area contributed by atoms with E-state index >= 15 is 0 Å². The largest absolute Gasteiger partial charge is 0.477 e. The number of aromatic nitrogens is 3. The Morgan fingerprint density at radius 2 is 2.15 bits per heavy atom. The first-order chi connectivity index (χ1) is 12.1. The van der Waals surface area contributed by atoms with Crippen molar-refractivity contribution < 1.29 is 19.4 Å². The van der Waals surface area contributed by atoms with E-state index < -0.39 is 17.7 Å². The van der Waals surface area contributed by atoms with E-state index in [9.17, 15) is 14.7 Å². The van der Waals surface area contributed by atoms with Gasteiger partial charge in [0.1, 0.15) is 10.5 Å². The molecular weight excluding hydrogens is 356 g/mol. The van der Waals surface area contributed by atoms with Crippen LogP contribution in [-0.2, 0) is 17.6 Å². The number of hydrogen-bond acceptors (Lipinski definition) is 6. The van der Waals surface area contributed by atoms with Gasteiger partial charge in [-0.05, 0) is 52.5 Å². The Bertz CT molecular complexity index is 850. The summed E-state index contributed by atoms with van der Waals surface area (Å²) in [6.45, 7) is 7.17. The second kappa shape index (κ2) is 6.71. The van der Waals surface area contributed by atoms with Gasteiger partial charge in [-0.3, -0.25) is 0 Å². The van der Waals surface area contributed by atoms with Crippen LogP contribution in [0.5, 0.6) is 0 Å². The molecule has 1 aliphatic rings. The fourth-order valence-corrected chi connectivity index (χ4v) is 3.71. The van der Waals surface area contributed by atoms with Gasteiger partial charge >= 0.3 is 12.1 Å². The summed E-state index contributed by atoms with van der Waals surface area (Å²) in [6, 6.07) is -0.0115. The van der Waals surface area contributed by atoms with Gasteiger partial charge in [-0.2, -0.15) is 5.10 Å². The van der Waals surface area contributed by atoms with Gasteiger partial charge in [-0.15, -0.1) is 0 Å². The first kappa shape index (κ1) is 18.4. The van der Waals surface area contributed by atoms with E-state index in [-0.39, 0.29) is 10.9 Å². The number of hydrogen-bond donors (Lipinski definition) is 2. The van der Waals surface area contributed by atoms with Crippen molar-refractivity contribution >= 4 is 23.4 Å². The van der Waals surface area contributed by atoms with Crippen LogP contribution < -0.4 is 5.32 Å². The Balaban J connectivity index is 1.72. The molecule has 0 aromatic carbocycles. The van der Waals surface area contributed by atoms with Crippen molar-refractivity contribution in [2.75, 3.05) is 0 Å². The van der Waals surface area contributed by atoms with Crippen LogP contribution in [-0.4, -0.2) is 43.6 Å². The highest BCUT2D eigenvalue weighted by Crippen LogP contribution is 2.25. The van der Waals surface area contributed by atoms with Crippen LogP contribution in [0.4, 0.5) is 4.79 Å². The quantitative estimate of drug-likeness (QED) is 0.850. The predicted octanol–water partition coefficient (Wildman–Crippen LogP) is 2.72. The first-order valence-corrected chi connectivity index (χ1v) is 9.22. The fraction of sp³-hybridized carbons (Fsp3) is 0.529. The number of alkyl carbamates (subject to hydrolysis) is 1. The molecule has 0 aliphatic heterocycles. The van der Waals surface area contributed by atoms with Crippen LogP contribution in [0, 0.1) is 6.92 Å².